The number of aromatic nitrogens is 2. The molecule has 88 valence electrons. The second-order valence-corrected chi connectivity index (χ2v) is 5.82. The van der Waals surface area contributed by atoms with Crippen molar-refractivity contribution in [3.8, 4) is 0 Å². The lowest BCUT2D eigenvalue weighted by molar-refractivity contribution is -0.0553. The van der Waals surface area contributed by atoms with Gasteiger partial charge in [0.25, 0.3) is 0 Å². The SMILES string of the molecule is CC1(C)CC(Nc2ncncc2I)CCO1. The van der Waals surface area contributed by atoms with Gasteiger partial charge in [0.2, 0.25) is 0 Å². The Morgan fingerprint density at radius 3 is 3.06 bits per heavy atom. The molecule has 1 aliphatic rings. The Balaban J connectivity index is 2.02. The molecular weight excluding hydrogens is 317 g/mol. The second kappa shape index (κ2) is 4.83. The highest BCUT2D eigenvalue weighted by Crippen LogP contribution is 2.26. The molecule has 5 heteroatoms. The summed E-state index contributed by atoms with van der Waals surface area (Å²) in [6, 6.07) is 0.437. The van der Waals surface area contributed by atoms with Gasteiger partial charge in [-0.25, -0.2) is 9.97 Å². The molecule has 0 aromatic carbocycles. The molecule has 0 saturated carbocycles. The molecule has 1 aromatic heterocycles. The van der Waals surface area contributed by atoms with Gasteiger partial charge < -0.3 is 10.1 Å². The van der Waals surface area contributed by atoms with Crippen LogP contribution in [-0.2, 0) is 4.74 Å². The van der Waals surface area contributed by atoms with Crippen LogP contribution in [0.5, 0.6) is 0 Å². The van der Waals surface area contributed by atoms with Crippen LogP contribution >= 0.6 is 22.6 Å². The molecular formula is C11H16IN3O. The summed E-state index contributed by atoms with van der Waals surface area (Å²) in [6.45, 7) is 5.07. The summed E-state index contributed by atoms with van der Waals surface area (Å²) in [4.78, 5) is 8.23. The Labute approximate surface area is 109 Å². The minimum atomic E-state index is -0.0333. The molecule has 2 rings (SSSR count). The highest BCUT2D eigenvalue weighted by molar-refractivity contribution is 14.1. The number of nitrogens with zero attached hydrogens (tertiary/aromatic N) is 2. The van der Waals surface area contributed by atoms with Crippen molar-refractivity contribution in [1.82, 2.24) is 9.97 Å². The Kier molecular flexibility index (Phi) is 3.63. The average Bonchev–Trinajstić information content (AvgIpc) is 2.20. The quantitative estimate of drug-likeness (QED) is 0.845. The first kappa shape index (κ1) is 12.0. The molecule has 1 aromatic rings. The maximum absolute atomic E-state index is 5.69. The van der Waals surface area contributed by atoms with Crippen LogP contribution in [0.15, 0.2) is 12.5 Å². The summed E-state index contributed by atoms with van der Waals surface area (Å²) in [5.41, 5.74) is -0.0333. The minimum absolute atomic E-state index is 0.0333. The summed E-state index contributed by atoms with van der Waals surface area (Å²) in [5, 5.41) is 3.47. The molecule has 1 saturated heterocycles. The van der Waals surface area contributed by atoms with Gasteiger partial charge in [-0.2, -0.15) is 0 Å². The van der Waals surface area contributed by atoms with Crippen molar-refractivity contribution < 1.29 is 4.74 Å². The summed E-state index contributed by atoms with van der Waals surface area (Å²) >= 11 is 2.25. The summed E-state index contributed by atoms with van der Waals surface area (Å²) < 4.78 is 6.75. The van der Waals surface area contributed by atoms with Gasteiger partial charge in [-0.3, -0.25) is 0 Å². The highest BCUT2D eigenvalue weighted by atomic mass is 127. The topological polar surface area (TPSA) is 47.0 Å². The van der Waals surface area contributed by atoms with Crippen LogP contribution in [0.3, 0.4) is 0 Å². The summed E-state index contributed by atoms with van der Waals surface area (Å²) in [6.07, 6.45) is 5.44. The van der Waals surface area contributed by atoms with Gasteiger partial charge in [-0.1, -0.05) is 0 Å². The Hall–Kier alpha value is -0.430. The van der Waals surface area contributed by atoms with Crippen molar-refractivity contribution in [2.75, 3.05) is 11.9 Å². The van der Waals surface area contributed by atoms with Gasteiger partial charge in [-0.15, -0.1) is 0 Å². The smallest absolute Gasteiger partial charge is 0.143 e. The normalized spacial score (nSPS) is 24.1. The third kappa shape index (κ3) is 3.04. The van der Waals surface area contributed by atoms with Crippen LogP contribution < -0.4 is 5.32 Å². The fourth-order valence-electron chi connectivity index (χ4n) is 1.97. The molecule has 0 aliphatic carbocycles. The molecule has 4 nitrogen and oxygen atoms in total. The third-order valence-corrected chi connectivity index (χ3v) is 3.49. The lowest BCUT2D eigenvalue weighted by Gasteiger charge is -2.36. The fraction of sp³-hybridized carbons (Fsp3) is 0.636. The maximum Gasteiger partial charge on any atom is 0.143 e. The number of anilines is 1. The van der Waals surface area contributed by atoms with E-state index in [0.29, 0.717) is 6.04 Å². The second-order valence-electron chi connectivity index (χ2n) is 4.66. The van der Waals surface area contributed by atoms with Crippen molar-refractivity contribution >= 4 is 28.4 Å². The predicted octanol–water partition coefficient (Wildman–Crippen LogP) is 2.45. The molecule has 1 unspecified atom stereocenters. The first-order valence-corrected chi connectivity index (χ1v) is 6.51. The molecule has 0 radical (unpaired) electrons. The molecule has 1 N–H and O–H groups in total. The van der Waals surface area contributed by atoms with E-state index in [1.807, 2.05) is 6.20 Å². The van der Waals surface area contributed by atoms with E-state index in [9.17, 15) is 0 Å². The van der Waals surface area contributed by atoms with Crippen LogP contribution in [0.4, 0.5) is 5.82 Å². The molecule has 0 spiro atoms. The van der Waals surface area contributed by atoms with E-state index in [2.05, 4.69) is 51.7 Å². The Morgan fingerprint density at radius 1 is 1.56 bits per heavy atom. The molecule has 16 heavy (non-hydrogen) atoms. The number of rotatable bonds is 2. The molecule has 1 atom stereocenters. The first-order valence-electron chi connectivity index (χ1n) is 5.43. The Bertz CT molecular complexity index is 370. The predicted molar refractivity (Wildman–Crippen MR) is 71.4 cm³/mol. The van der Waals surface area contributed by atoms with Gasteiger partial charge in [0, 0.05) is 18.8 Å². The third-order valence-electron chi connectivity index (χ3n) is 2.71. The van der Waals surface area contributed by atoms with E-state index in [4.69, 9.17) is 4.74 Å². The molecule has 0 amide bonds. The van der Waals surface area contributed by atoms with Gasteiger partial charge in [0.15, 0.2) is 0 Å². The van der Waals surface area contributed by atoms with Gasteiger partial charge in [0.05, 0.1) is 9.17 Å². The van der Waals surface area contributed by atoms with Gasteiger partial charge >= 0.3 is 0 Å². The van der Waals surface area contributed by atoms with Crippen LogP contribution in [0.2, 0.25) is 0 Å². The maximum atomic E-state index is 5.69. The first-order chi connectivity index (χ1) is 7.57. The summed E-state index contributed by atoms with van der Waals surface area (Å²) in [7, 11) is 0. The standard InChI is InChI=1S/C11H16IN3O/c1-11(2)5-8(3-4-16-11)15-10-9(12)6-13-7-14-10/h6-8H,3-5H2,1-2H3,(H,13,14,15). The van der Waals surface area contributed by atoms with E-state index in [-0.39, 0.29) is 5.60 Å². The fourth-order valence-corrected chi connectivity index (χ4v) is 2.42. The monoisotopic (exact) mass is 333 g/mol. The molecule has 2 heterocycles. The van der Waals surface area contributed by atoms with Crippen molar-refractivity contribution in [2.45, 2.75) is 38.3 Å². The lowest BCUT2D eigenvalue weighted by Crippen LogP contribution is -2.40. The van der Waals surface area contributed by atoms with Gasteiger partial charge in [-0.05, 0) is 49.3 Å². The van der Waals surface area contributed by atoms with Crippen LogP contribution in [-0.4, -0.2) is 28.2 Å². The zero-order valence-electron chi connectivity index (χ0n) is 9.53. The number of nitrogens with one attached hydrogen (secondary N) is 1. The molecule has 0 bridgehead atoms. The number of halogens is 1. The number of ether oxygens (including phenoxy) is 1. The zero-order valence-corrected chi connectivity index (χ0v) is 11.7. The Morgan fingerprint density at radius 2 is 2.38 bits per heavy atom. The lowest BCUT2D eigenvalue weighted by atomic mass is 9.94. The highest BCUT2D eigenvalue weighted by Gasteiger charge is 2.29. The number of hydrogen-bond acceptors (Lipinski definition) is 4. The number of hydrogen-bond donors (Lipinski definition) is 1. The van der Waals surface area contributed by atoms with Crippen molar-refractivity contribution in [3.05, 3.63) is 16.1 Å². The van der Waals surface area contributed by atoms with Crippen LogP contribution in [0, 0.1) is 3.57 Å². The average molecular weight is 333 g/mol. The van der Waals surface area contributed by atoms with E-state index in [1.165, 1.54) is 0 Å². The summed E-state index contributed by atoms with van der Waals surface area (Å²) in [5.74, 6) is 0.929. The van der Waals surface area contributed by atoms with Crippen molar-refractivity contribution in [2.24, 2.45) is 0 Å². The van der Waals surface area contributed by atoms with E-state index < -0.39 is 0 Å². The molecule has 1 fully saturated rings. The van der Waals surface area contributed by atoms with E-state index in [0.717, 1.165) is 28.8 Å². The van der Waals surface area contributed by atoms with Crippen molar-refractivity contribution in [3.63, 3.8) is 0 Å². The van der Waals surface area contributed by atoms with E-state index in [1.54, 1.807) is 6.33 Å². The van der Waals surface area contributed by atoms with Crippen LogP contribution in [0.1, 0.15) is 26.7 Å². The molecule has 1 aliphatic heterocycles. The van der Waals surface area contributed by atoms with Gasteiger partial charge in [0.1, 0.15) is 12.1 Å². The zero-order chi connectivity index (χ0) is 11.6. The largest absolute Gasteiger partial charge is 0.375 e. The van der Waals surface area contributed by atoms with Crippen molar-refractivity contribution in [1.29, 1.82) is 0 Å². The minimum Gasteiger partial charge on any atom is -0.375 e. The van der Waals surface area contributed by atoms with E-state index >= 15 is 0 Å². The van der Waals surface area contributed by atoms with Crippen LogP contribution in [0.25, 0.3) is 0 Å².